The zero-order chi connectivity index (χ0) is 14.8. The van der Waals surface area contributed by atoms with E-state index in [4.69, 9.17) is 11.6 Å². The summed E-state index contributed by atoms with van der Waals surface area (Å²) < 4.78 is 0.932. The lowest BCUT2D eigenvalue weighted by Crippen LogP contribution is -2.15. The minimum absolute atomic E-state index is 0.0904. The van der Waals surface area contributed by atoms with E-state index in [-0.39, 0.29) is 5.56 Å². The van der Waals surface area contributed by atoms with Gasteiger partial charge in [-0.3, -0.25) is 4.79 Å². The number of aromatic nitrogens is 1. The average molecular weight is 364 g/mol. The van der Waals surface area contributed by atoms with Gasteiger partial charge in [-0.25, -0.2) is 0 Å². The van der Waals surface area contributed by atoms with Gasteiger partial charge in [0.25, 0.3) is 5.56 Å². The summed E-state index contributed by atoms with van der Waals surface area (Å²) in [6.45, 7) is 0.413. The molecule has 106 valence electrons. The number of fused-ring (bicyclic) bond motifs is 1. The van der Waals surface area contributed by atoms with Crippen molar-refractivity contribution in [3.8, 4) is 0 Å². The number of anilines is 1. The fraction of sp³-hybridized carbons (Fsp3) is 0.0625. The van der Waals surface area contributed by atoms with Crippen molar-refractivity contribution in [2.24, 2.45) is 0 Å². The normalized spacial score (nSPS) is 10.8. The van der Waals surface area contributed by atoms with Gasteiger partial charge in [-0.2, -0.15) is 0 Å². The summed E-state index contributed by atoms with van der Waals surface area (Å²) in [5.74, 6) is 0. The maximum atomic E-state index is 12.1. The molecule has 21 heavy (non-hydrogen) atoms. The quantitative estimate of drug-likeness (QED) is 0.716. The Morgan fingerprint density at radius 2 is 1.95 bits per heavy atom. The van der Waals surface area contributed by atoms with Crippen LogP contribution in [0.1, 0.15) is 5.56 Å². The van der Waals surface area contributed by atoms with E-state index < -0.39 is 0 Å². The number of para-hydroxylation sites is 1. The first-order chi connectivity index (χ1) is 10.1. The van der Waals surface area contributed by atoms with Crippen molar-refractivity contribution >= 4 is 44.1 Å². The Morgan fingerprint density at radius 1 is 1.14 bits per heavy atom. The van der Waals surface area contributed by atoms with Crippen molar-refractivity contribution in [1.29, 1.82) is 0 Å². The van der Waals surface area contributed by atoms with Crippen LogP contribution in [0.3, 0.4) is 0 Å². The van der Waals surface area contributed by atoms with Crippen LogP contribution in [0, 0.1) is 0 Å². The van der Waals surface area contributed by atoms with E-state index in [1.54, 1.807) is 6.07 Å². The van der Waals surface area contributed by atoms with E-state index in [1.165, 1.54) is 0 Å². The van der Waals surface area contributed by atoms with E-state index in [0.29, 0.717) is 17.1 Å². The zero-order valence-corrected chi connectivity index (χ0v) is 13.3. The van der Waals surface area contributed by atoms with Gasteiger partial charge < -0.3 is 10.3 Å². The second-order valence-electron chi connectivity index (χ2n) is 4.69. The standard InChI is InChI=1S/C16H12BrClN2O/c17-12-5-6-13(18)15(8-12)19-9-11-7-10-3-1-2-4-14(10)20-16(11)21/h1-8,19H,9H2,(H,20,21). The minimum Gasteiger partial charge on any atom is -0.380 e. The lowest BCUT2D eigenvalue weighted by atomic mass is 10.1. The molecule has 3 nitrogen and oxygen atoms in total. The first-order valence-corrected chi connectivity index (χ1v) is 7.60. The number of hydrogen-bond acceptors (Lipinski definition) is 2. The summed E-state index contributed by atoms with van der Waals surface area (Å²) in [7, 11) is 0. The summed E-state index contributed by atoms with van der Waals surface area (Å²) in [5, 5.41) is 4.82. The molecule has 2 N–H and O–H groups in total. The van der Waals surface area contributed by atoms with Crippen molar-refractivity contribution in [3.63, 3.8) is 0 Å². The van der Waals surface area contributed by atoms with Gasteiger partial charge in [0.05, 0.1) is 10.7 Å². The van der Waals surface area contributed by atoms with Crippen molar-refractivity contribution in [3.05, 3.63) is 73.9 Å². The van der Waals surface area contributed by atoms with Gasteiger partial charge >= 0.3 is 0 Å². The molecule has 0 atom stereocenters. The van der Waals surface area contributed by atoms with Gasteiger partial charge in [0.2, 0.25) is 0 Å². The molecule has 1 heterocycles. The molecule has 0 saturated heterocycles. The summed E-state index contributed by atoms with van der Waals surface area (Å²) in [5.41, 5.74) is 2.21. The van der Waals surface area contributed by atoms with Gasteiger partial charge in [-0.1, -0.05) is 45.7 Å². The van der Waals surface area contributed by atoms with Crippen molar-refractivity contribution in [2.75, 3.05) is 5.32 Å². The summed E-state index contributed by atoms with van der Waals surface area (Å²) in [4.78, 5) is 15.0. The molecule has 0 bridgehead atoms. The number of aromatic amines is 1. The Kier molecular flexibility index (Phi) is 3.99. The minimum atomic E-state index is -0.0904. The molecular formula is C16H12BrClN2O. The van der Waals surface area contributed by atoms with Crippen LogP contribution in [0.2, 0.25) is 5.02 Å². The third kappa shape index (κ3) is 3.12. The number of rotatable bonds is 3. The van der Waals surface area contributed by atoms with Crippen LogP contribution in [0.25, 0.3) is 10.9 Å². The highest BCUT2D eigenvalue weighted by Crippen LogP contribution is 2.26. The molecule has 0 aliphatic heterocycles. The van der Waals surface area contributed by atoms with Crippen molar-refractivity contribution < 1.29 is 0 Å². The molecule has 0 saturated carbocycles. The van der Waals surface area contributed by atoms with Gasteiger partial charge in [-0.05, 0) is 35.7 Å². The van der Waals surface area contributed by atoms with Crippen LogP contribution >= 0.6 is 27.5 Å². The number of pyridine rings is 1. The van der Waals surface area contributed by atoms with E-state index in [2.05, 4.69) is 26.2 Å². The number of benzene rings is 2. The van der Waals surface area contributed by atoms with Crippen LogP contribution in [-0.4, -0.2) is 4.98 Å². The number of nitrogens with one attached hydrogen (secondary N) is 2. The van der Waals surface area contributed by atoms with E-state index in [9.17, 15) is 4.79 Å². The second-order valence-corrected chi connectivity index (χ2v) is 6.01. The topological polar surface area (TPSA) is 44.9 Å². The highest BCUT2D eigenvalue weighted by Gasteiger charge is 2.05. The lowest BCUT2D eigenvalue weighted by molar-refractivity contribution is 1.09. The molecule has 1 aromatic heterocycles. The van der Waals surface area contributed by atoms with E-state index >= 15 is 0 Å². The highest BCUT2D eigenvalue weighted by atomic mass is 79.9. The van der Waals surface area contributed by atoms with Gasteiger partial charge in [0, 0.05) is 22.1 Å². The third-order valence-corrected chi connectivity index (χ3v) is 4.05. The Bertz CT molecular complexity index is 860. The van der Waals surface area contributed by atoms with Crippen LogP contribution in [0.15, 0.2) is 57.8 Å². The fourth-order valence-electron chi connectivity index (χ4n) is 2.15. The number of H-pyrrole nitrogens is 1. The maximum absolute atomic E-state index is 12.1. The number of hydrogen-bond donors (Lipinski definition) is 2. The van der Waals surface area contributed by atoms with Gasteiger partial charge in [0.15, 0.2) is 0 Å². The summed E-state index contributed by atoms with van der Waals surface area (Å²) in [6.07, 6.45) is 0. The molecule has 0 aliphatic rings. The van der Waals surface area contributed by atoms with Crippen molar-refractivity contribution in [1.82, 2.24) is 4.98 Å². The largest absolute Gasteiger partial charge is 0.380 e. The molecule has 0 unspecified atom stereocenters. The van der Waals surface area contributed by atoms with Gasteiger partial charge in [0.1, 0.15) is 0 Å². The molecule has 0 aliphatic carbocycles. The monoisotopic (exact) mass is 362 g/mol. The summed E-state index contributed by atoms with van der Waals surface area (Å²) >= 11 is 9.53. The van der Waals surface area contributed by atoms with Crippen molar-refractivity contribution in [2.45, 2.75) is 6.54 Å². The summed E-state index contributed by atoms with van der Waals surface area (Å²) in [6, 6.07) is 15.2. The molecule has 0 radical (unpaired) electrons. The van der Waals surface area contributed by atoms with Crippen LogP contribution in [0.4, 0.5) is 5.69 Å². The molecule has 0 amide bonds. The zero-order valence-electron chi connectivity index (χ0n) is 11.0. The number of halogens is 2. The Morgan fingerprint density at radius 3 is 2.81 bits per heavy atom. The Balaban J connectivity index is 1.90. The Hall–Kier alpha value is -1.78. The predicted octanol–water partition coefficient (Wildman–Crippen LogP) is 4.56. The maximum Gasteiger partial charge on any atom is 0.253 e. The van der Waals surface area contributed by atoms with Crippen LogP contribution in [0.5, 0.6) is 0 Å². The fourth-order valence-corrected chi connectivity index (χ4v) is 2.69. The molecule has 0 spiro atoms. The molecule has 5 heteroatoms. The molecule has 3 aromatic rings. The molecular weight excluding hydrogens is 352 g/mol. The van der Waals surface area contributed by atoms with Crippen LogP contribution < -0.4 is 10.9 Å². The molecule has 2 aromatic carbocycles. The average Bonchev–Trinajstić information content (AvgIpc) is 2.48. The second kappa shape index (κ2) is 5.92. The Labute approximate surface area is 135 Å². The molecule has 3 rings (SSSR count). The smallest absolute Gasteiger partial charge is 0.253 e. The van der Waals surface area contributed by atoms with E-state index in [0.717, 1.165) is 21.1 Å². The first kappa shape index (κ1) is 14.2. The van der Waals surface area contributed by atoms with Gasteiger partial charge in [-0.15, -0.1) is 0 Å². The molecule has 0 fully saturated rings. The van der Waals surface area contributed by atoms with E-state index in [1.807, 2.05) is 42.5 Å². The van der Waals surface area contributed by atoms with Crippen LogP contribution in [-0.2, 0) is 6.54 Å². The first-order valence-electron chi connectivity index (χ1n) is 6.43. The lowest BCUT2D eigenvalue weighted by Gasteiger charge is -2.09. The highest BCUT2D eigenvalue weighted by molar-refractivity contribution is 9.10. The predicted molar refractivity (Wildman–Crippen MR) is 91.0 cm³/mol. The third-order valence-electron chi connectivity index (χ3n) is 3.23. The SMILES string of the molecule is O=c1[nH]c2ccccc2cc1CNc1cc(Br)ccc1Cl.